The molecule has 0 saturated heterocycles. The lowest BCUT2D eigenvalue weighted by atomic mass is 9.93. The summed E-state index contributed by atoms with van der Waals surface area (Å²) < 4.78 is 2.31. The van der Waals surface area contributed by atoms with Crippen LogP contribution in [-0.4, -0.2) is 25.6 Å². The van der Waals surface area contributed by atoms with Crippen molar-refractivity contribution in [2.75, 3.05) is 5.32 Å². The molecule has 0 radical (unpaired) electrons. The first-order valence-corrected chi connectivity index (χ1v) is 12.2. The summed E-state index contributed by atoms with van der Waals surface area (Å²) in [5.41, 5.74) is 3.45. The smallest absolute Gasteiger partial charge is 0.145 e. The molecule has 2 unspecified atom stereocenters. The minimum atomic E-state index is 0.502. The van der Waals surface area contributed by atoms with E-state index in [2.05, 4.69) is 56.4 Å². The second kappa shape index (κ2) is 8.36. The monoisotopic (exact) mass is 445 g/mol. The number of halogens is 1. The van der Waals surface area contributed by atoms with E-state index in [0.29, 0.717) is 17.2 Å². The third kappa shape index (κ3) is 3.83. The molecule has 2 aliphatic rings. The van der Waals surface area contributed by atoms with Gasteiger partial charge in [0.1, 0.15) is 22.9 Å². The molecule has 6 heteroatoms. The van der Waals surface area contributed by atoms with Gasteiger partial charge in [0.15, 0.2) is 0 Å². The Balaban J connectivity index is 1.11. The average molecular weight is 446 g/mol. The molecule has 0 aliphatic heterocycles. The fourth-order valence-corrected chi connectivity index (χ4v) is 5.52. The molecule has 3 aromatic heterocycles. The number of pyridine rings is 1. The summed E-state index contributed by atoms with van der Waals surface area (Å²) in [7, 11) is 0. The van der Waals surface area contributed by atoms with Crippen LogP contribution in [0.5, 0.6) is 0 Å². The van der Waals surface area contributed by atoms with Crippen LogP contribution in [0.15, 0.2) is 48.9 Å². The molecule has 1 N–H and O–H groups in total. The highest BCUT2D eigenvalue weighted by Gasteiger charge is 2.27. The van der Waals surface area contributed by atoms with Crippen molar-refractivity contribution in [3.63, 3.8) is 0 Å². The normalized spacial score (nSPS) is 21.3. The Kier molecular flexibility index (Phi) is 5.22. The molecule has 0 bridgehead atoms. The largest absolute Gasteiger partial charge is 0.367 e. The van der Waals surface area contributed by atoms with Gasteiger partial charge >= 0.3 is 0 Å². The van der Waals surface area contributed by atoms with Crippen molar-refractivity contribution in [2.24, 2.45) is 5.92 Å². The maximum atomic E-state index is 6.24. The van der Waals surface area contributed by atoms with Crippen LogP contribution in [0.3, 0.4) is 0 Å². The molecule has 2 aliphatic carbocycles. The number of anilines is 1. The Bertz CT molecular complexity index is 1260. The number of hydrogen-bond acceptors (Lipinski definition) is 4. The van der Waals surface area contributed by atoms with Crippen molar-refractivity contribution < 1.29 is 0 Å². The summed E-state index contributed by atoms with van der Waals surface area (Å²) >= 11 is 6.24. The van der Waals surface area contributed by atoms with Crippen molar-refractivity contribution in [3.8, 4) is 0 Å². The van der Waals surface area contributed by atoms with E-state index in [1.54, 1.807) is 6.33 Å². The predicted molar refractivity (Wildman–Crippen MR) is 130 cm³/mol. The molecular formula is C26H28ClN5. The van der Waals surface area contributed by atoms with Crippen molar-refractivity contribution in [2.45, 2.75) is 63.5 Å². The van der Waals surface area contributed by atoms with E-state index >= 15 is 0 Å². The number of fused-ring (bicyclic) bond motifs is 2. The SMILES string of the molecule is Clc1ncnc2c1ccn2C1CCC(CCc2ccc3ccc(NC4CCC4)nc3c2)C1. The van der Waals surface area contributed by atoms with Crippen LogP contribution in [-0.2, 0) is 6.42 Å². The predicted octanol–water partition coefficient (Wildman–Crippen LogP) is 6.57. The zero-order valence-corrected chi connectivity index (χ0v) is 18.9. The number of aromatic nitrogens is 4. The summed E-state index contributed by atoms with van der Waals surface area (Å²) in [5.74, 6) is 1.76. The van der Waals surface area contributed by atoms with Gasteiger partial charge in [0.2, 0.25) is 0 Å². The lowest BCUT2D eigenvalue weighted by Crippen LogP contribution is -2.27. The van der Waals surface area contributed by atoms with E-state index in [-0.39, 0.29) is 0 Å². The number of rotatable bonds is 6. The first kappa shape index (κ1) is 20.0. The van der Waals surface area contributed by atoms with Gasteiger partial charge in [0.25, 0.3) is 0 Å². The third-order valence-corrected chi connectivity index (χ3v) is 7.72. The van der Waals surface area contributed by atoms with Gasteiger partial charge in [-0.3, -0.25) is 0 Å². The standard InChI is InChI=1S/C26H28ClN5/c27-25-22-12-13-32(26(22)29-16-28-25)21-10-7-17(14-21)4-5-18-6-8-19-9-11-24(31-23(19)15-18)30-20-2-1-3-20/h6,8-9,11-13,15-17,20-21H,1-5,7,10,14H2,(H,30,31). The van der Waals surface area contributed by atoms with Crippen LogP contribution in [0.25, 0.3) is 21.9 Å². The third-order valence-electron chi connectivity index (χ3n) is 7.42. The van der Waals surface area contributed by atoms with E-state index < -0.39 is 0 Å². The second-order valence-electron chi connectivity index (χ2n) is 9.49. The molecule has 3 heterocycles. The van der Waals surface area contributed by atoms with Gasteiger partial charge in [-0.05, 0) is 87.1 Å². The Morgan fingerprint density at radius 3 is 2.81 bits per heavy atom. The second-order valence-corrected chi connectivity index (χ2v) is 9.85. The average Bonchev–Trinajstić information content (AvgIpc) is 3.42. The molecule has 2 fully saturated rings. The van der Waals surface area contributed by atoms with Crippen LogP contribution in [0.4, 0.5) is 5.82 Å². The van der Waals surface area contributed by atoms with E-state index in [9.17, 15) is 0 Å². The summed E-state index contributed by atoms with van der Waals surface area (Å²) in [5, 5.41) is 6.28. The van der Waals surface area contributed by atoms with E-state index in [4.69, 9.17) is 16.6 Å². The van der Waals surface area contributed by atoms with Crippen molar-refractivity contribution in [1.82, 2.24) is 19.5 Å². The van der Waals surface area contributed by atoms with Gasteiger partial charge in [0.05, 0.1) is 10.9 Å². The topological polar surface area (TPSA) is 55.6 Å². The Hall–Kier alpha value is -2.66. The molecule has 6 rings (SSSR count). The molecule has 1 aromatic carbocycles. The summed E-state index contributed by atoms with van der Waals surface area (Å²) in [4.78, 5) is 13.5. The van der Waals surface area contributed by atoms with Gasteiger partial charge in [-0.1, -0.05) is 23.7 Å². The van der Waals surface area contributed by atoms with Crippen LogP contribution < -0.4 is 5.32 Å². The van der Waals surface area contributed by atoms with E-state index in [1.165, 1.54) is 55.9 Å². The fourth-order valence-electron chi connectivity index (χ4n) is 5.33. The molecule has 32 heavy (non-hydrogen) atoms. The lowest BCUT2D eigenvalue weighted by Gasteiger charge is -2.26. The van der Waals surface area contributed by atoms with Crippen LogP contribution in [0, 0.1) is 5.92 Å². The van der Waals surface area contributed by atoms with Crippen molar-refractivity contribution in [3.05, 3.63) is 59.6 Å². The summed E-state index contributed by atoms with van der Waals surface area (Å²) in [6.45, 7) is 0. The highest BCUT2D eigenvalue weighted by atomic mass is 35.5. The number of nitrogens with one attached hydrogen (secondary N) is 1. The molecule has 2 atom stereocenters. The van der Waals surface area contributed by atoms with Gasteiger partial charge in [-0.25, -0.2) is 15.0 Å². The first-order valence-electron chi connectivity index (χ1n) is 11.9. The molecule has 0 spiro atoms. The van der Waals surface area contributed by atoms with Crippen molar-refractivity contribution >= 4 is 39.4 Å². The molecule has 5 nitrogen and oxygen atoms in total. The maximum Gasteiger partial charge on any atom is 0.145 e. The zero-order chi connectivity index (χ0) is 21.5. The number of hydrogen-bond donors (Lipinski definition) is 1. The fraction of sp³-hybridized carbons (Fsp3) is 0.423. The molecule has 0 amide bonds. The number of aryl methyl sites for hydroxylation is 1. The molecule has 4 aromatic rings. The van der Waals surface area contributed by atoms with Gasteiger partial charge < -0.3 is 9.88 Å². The Labute approximate surface area is 193 Å². The highest BCUT2D eigenvalue weighted by Crippen LogP contribution is 2.39. The van der Waals surface area contributed by atoms with Crippen LogP contribution in [0.1, 0.15) is 56.6 Å². The van der Waals surface area contributed by atoms with Gasteiger partial charge in [-0.15, -0.1) is 0 Å². The highest BCUT2D eigenvalue weighted by molar-refractivity contribution is 6.33. The molecular weight excluding hydrogens is 418 g/mol. The van der Waals surface area contributed by atoms with Crippen LogP contribution >= 0.6 is 11.6 Å². The quantitative estimate of drug-likeness (QED) is 0.341. The summed E-state index contributed by atoms with van der Waals surface area (Å²) in [6.07, 6.45) is 13.5. The summed E-state index contributed by atoms with van der Waals surface area (Å²) in [6, 6.07) is 14.2. The van der Waals surface area contributed by atoms with Gasteiger partial charge in [-0.2, -0.15) is 0 Å². The van der Waals surface area contributed by atoms with Crippen molar-refractivity contribution in [1.29, 1.82) is 0 Å². The first-order chi connectivity index (χ1) is 15.7. The van der Waals surface area contributed by atoms with E-state index in [0.717, 1.165) is 34.7 Å². The Morgan fingerprint density at radius 2 is 1.94 bits per heavy atom. The molecule has 2 saturated carbocycles. The number of benzene rings is 1. The minimum absolute atomic E-state index is 0.502. The van der Waals surface area contributed by atoms with E-state index in [1.807, 2.05) is 6.07 Å². The minimum Gasteiger partial charge on any atom is -0.367 e. The Morgan fingerprint density at radius 1 is 1.03 bits per heavy atom. The molecule has 164 valence electrons. The maximum absolute atomic E-state index is 6.24. The lowest BCUT2D eigenvalue weighted by molar-refractivity contribution is 0.444. The zero-order valence-electron chi connectivity index (χ0n) is 18.2. The number of nitrogens with zero attached hydrogens (tertiary/aromatic N) is 4. The van der Waals surface area contributed by atoms with Gasteiger partial charge in [0, 0.05) is 23.7 Å². The van der Waals surface area contributed by atoms with Crippen LogP contribution in [0.2, 0.25) is 5.15 Å².